The monoisotopic (exact) mass is 218 g/mol. The number of nitrogens with zero attached hydrogens (tertiary/aromatic N) is 2. The molecule has 2 rings (SSSR count). The van der Waals surface area contributed by atoms with Gasteiger partial charge < -0.3 is 0 Å². The Morgan fingerprint density at radius 1 is 1.00 bits per heavy atom. The molecule has 2 nitrogen and oxygen atoms in total. The lowest BCUT2D eigenvalue weighted by Crippen LogP contribution is -1.93. The minimum absolute atomic E-state index is 1.11. The van der Waals surface area contributed by atoms with Crippen molar-refractivity contribution in [3.8, 4) is 5.69 Å². The van der Waals surface area contributed by atoms with Gasteiger partial charge in [-0.3, -0.25) is 0 Å². The molecule has 0 fully saturated rings. The Bertz CT molecular complexity index is 364. The standard InChI is InChI=1S/C10H10N2.2C2H6/c1-9-4-2-5-10(8-9)12-7-3-6-11-12;2*1-2/h2-8H,1H3;2*1-2H3. The average Bonchev–Trinajstić information content (AvgIpc) is 2.88. The number of rotatable bonds is 1. The molecule has 0 aliphatic carbocycles. The first-order valence-corrected chi connectivity index (χ1v) is 5.93. The lowest BCUT2D eigenvalue weighted by molar-refractivity contribution is 0.879. The average molecular weight is 218 g/mol. The highest BCUT2D eigenvalue weighted by molar-refractivity contribution is 5.34. The summed E-state index contributed by atoms with van der Waals surface area (Å²) in [5, 5.41) is 4.14. The molecule has 0 aliphatic heterocycles. The zero-order chi connectivity index (χ0) is 12.4. The van der Waals surface area contributed by atoms with Gasteiger partial charge in [-0.25, -0.2) is 4.68 Å². The summed E-state index contributed by atoms with van der Waals surface area (Å²) in [4.78, 5) is 0. The molecule has 1 aromatic heterocycles. The highest BCUT2D eigenvalue weighted by atomic mass is 15.3. The Morgan fingerprint density at radius 3 is 2.19 bits per heavy atom. The van der Waals surface area contributed by atoms with Crippen molar-refractivity contribution in [1.29, 1.82) is 0 Å². The maximum Gasteiger partial charge on any atom is 0.0648 e. The number of benzene rings is 1. The van der Waals surface area contributed by atoms with E-state index >= 15 is 0 Å². The third-order valence-corrected chi connectivity index (χ3v) is 1.77. The third-order valence-electron chi connectivity index (χ3n) is 1.77. The molecule has 0 unspecified atom stereocenters. The number of hydrogen-bond donors (Lipinski definition) is 0. The zero-order valence-electron chi connectivity index (χ0n) is 10.9. The molecule has 0 saturated heterocycles. The van der Waals surface area contributed by atoms with Crippen LogP contribution >= 0.6 is 0 Å². The number of aryl methyl sites for hydroxylation is 1. The van der Waals surface area contributed by atoms with Crippen LogP contribution in [0, 0.1) is 6.92 Å². The van der Waals surface area contributed by atoms with Crippen LogP contribution in [0.5, 0.6) is 0 Å². The van der Waals surface area contributed by atoms with E-state index in [1.165, 1.54) is 5.56 Å². The Labute approximate surface area is 98.9 Å². The third kappa shape index (κ3) is 4.30. The first-order valence-electron chi connectivity index (χ1n) is 5.93. The van der Waals surface area contributed by atoms with E-state index in [-0.39, 0.29) is 0 Å². The van der Waals surface area contributed by atoms with Gasteiger partial charge in [0, 0.05) is 12.4 Å². The van der Waals surface area contributed by atoms with E-state index in [1.54, 1.807) is 6.20 Å². The van der Waals surface area contributed by atoms with Crippen LogP contribution in [0.15, 0.2) is 42.7 Å². The summed E-state index contributed by atoms with van der Waals surface area (Å²) >= 11 is 0. The Hall–Kier alpha value is -1.57. The summed E-state index contributed by atoms with van der Waals surface area (Å²) in [6, 6.07) is 10.2. The molecule has 0 amide bonds. The summed E-state index contributed by atoms with van der Waals surface area (Å²) in [7, 11) is 0. The summed E-state index contributed by atoms with van der Waals surface area (Å²) in [6.45, 7) is 10.1. The van der Waals surface area contributed by atoms with E-state index in [1.807, 2.05) is 56.8 Å². The molecule has 0 saturated carbocycles. The quantitative estimate of drug-likeness (QED) is 0.700. The SMILES string of the molecule is CC.CC.Cc1cccc(-n2cccn2)c1. The molecule has 0 N–H and O–H groups in total. The van der Waals surface area contributed by atoms with Crippen LogP contribution in [-0.2, 0) is 0 Å². The van der Waals surface area contributed by atoms with Gasteiger partial charge >= 0.3 is 0 Å². The van der Waals surface area contributed by atoms with E-state index in [9.17, 15) is 0 Å². The van der Waals surface area contributed by atoms with E-state index in [0.29, 0.717) is 0 Å². The van der Waals surface area contributed by atoms with Gasteiger partial charge in [-0.05, 0) is 30.7 Å². The molecule has 1 heterocycles. The molecule has 0 atom stereocenters. The fourth-order valence-electron chi connectivity index (χ4n) is 1.19. The van der Waals surface area contributed by atoms with E-state index < -0.39 is 0 Å². The molecule has 0 spiro atoms. The fraction of sp³-hybridized carbons (Fsp3) is 0.357. The molecule has 16 heavy (non-hydrogen) atoms. The molecule has 0 bridgehead atoms. The van der Waals surface area contributed by atoms with Crippen molar-refractivity contribution in [3.63, 3.8) is 0 Å². The van der Waals surface area contributed by atoms with Crippen molar-refractivity contribution in [2.24, 2.45) is 0 Å². The largest absolute Gasteiger partial charge is 0.241 e. The molecular weight excluding hydrogens is 196 g/mol. The predicted molar refractivity (Wildman–Crippen MR) is 71.0 cm³/mol. The van der Waals surface area contributed by atoms with Crippen molar-refractivity contribution in [3.05, 3.63) is 48.3 Å². The molecule has 2 aromatic rings. The van der Waals surface area contributed by atoms with Crippen LogP contribution < -0.4 is 0 Å². The van der Waals surface area contributed by atoms with Crippen molar-refractivity contribution in [2.45, 2.75) is 34.6 Å². The van der Waals surface area contributed by atoms with Gasteiger partial charge in [0.05, 0.1) is 5.69 Å². The second-order valence-corrected chi connectivity index (χ2v) is 2.79. The molecule has 0 aliphatic rings. The van der Waals surface area contributed by atoms with Crippen LogP contribution in [-0.4, -0.2) is 9.78 Å². The van der Waals surface area contributed by atoms with Crippen LogP contribution in [0.3, 0.4) is 0 Å². The van der Waals surface area contributed by atoms with Crippen molar-refractivity contribution in [2.75, 3.05) is 0 Å². The molecule has 1 aromatic carbocycles. The molecule has 0 radical (unpaired) electrons. The van der Waals surface area contributed by atoms with Crippen LogP contribution in [0.25, 0.3) is 5.69 Å². The number of hydrogen-bond acceptors (Lipinski definition) is 1. The van der Waals surface area contributed by atoms with E-state index in [0.717, 1.165) is 5.69 Å². The van der Waals surface area contributed by atoms with E-state index in [4.69, 9.17) is 0 Å². The van der Waals surface area contributed by atoms with Crippen molar-refractivity contribution >= 4 is 0 Å². The van der Waals surface area contributed by atoms with Crippen molar-refractivity contribution < 1.29 is 0 Å². The summed E-state index contributed by atoms with van der Waals surface area (Å²) in [6.07, 6.45) is 3.72. The van der Waals surface area contributed by atoms with Gasteiger partial charge in [-0.2, -0.15) is 5.10 Å². The Morgan fingerprint density at radius 2 is 1.69 bits per heavy atom. The van der Waals surface area contributed by atoms with Gasteiger partial charge in [-0.1, -0.05) is 39.8 Å². The van der Waals surface area contributed by atoms with Gasteiger partial charge in [0.15, 0.2) is 0 Å². The lowest BCUT2D eigenvalue weighted by Gasteiger charge is -2.00. The second kappa shape index (κ2) is 8.72. The van der Waals surface area contributed by atoms with Gasteiger partial charge in [0.2, 0.25) is 0 Å². The second-order valence-electron chi connectivity index (χ2n) is 2.79. The maximum absolute atomic E-state index is 4.14. The molecule has 88 valence electrons. The van der Waals surface area contributed by atoms with Gasteiger partial charge in [-0.15, -0.1) is 0 Å². The van der Waals surface area contributed by atoms with E-state index in [2.05, 4.69) is 24.2 Å². The zero-order valence-corrected chi connectivity index (χ0v) is 10.9. The minimum atomic E-state index is 1.11. The normalized spacial score (nSPS) is 8.31. The number of aromatic nitrogens is 2. The van der Waals surface area contributed by atoms with Crippen LogP contribution in [0.4, 0.5) is 0 Å². The van der Waals surface area contributed by atoms with Gasteiger partial charge in [0.1, 0.15) is 0 Å². The predicted octanol–water partition coefficient (Wildman–Crippen LogP) is 4.23. The fourth-order valence-corrected chi connectivity index (χ4v) is 1.19. The summed E-state index contributed by atoms with van der Waals surface area (Å²) in [5.74, 6) is 0. The highest BCUT2D eigenvalue weighted by Gasteiger charge is 1.93. The lowest BCUT2D eigenvalue weighted by atomic mass is 10.2. The Kier molecular flexibility index (Phi) is 7.86. The maximum atomic E-state index is 4.14. The van der Waals surface area contributed by atoms with Gasteiger partial charge in [0.25, 0.3) is 0 Å². The topological polar surface area (TPSA) is 17.8 Å². The summed E-state index contributed by atoms with van der Waals surface area (Å²) in [5.41, 5.74) is 2.36. The summed E-state index contributed by atoms with van der Waals surface area (Å²) < 4.78 is 1.85. The minimum Gasteiger partial charge on any atom is -0.241 e. The first-order chi connectivity index (χ1) is 7.86. The van der Waals surface area contributed by atoms with Crippen molar-refractivity contribution in [1.82, 2.24) is 9.78 Å². The smallest absolute Gasteiger partial charge is 0.0648 e. The van der Waals surface area contributed by atoms with Crippen LogP contribution in [0.1, 0.15) is 33.3 Å². The molecular formula is C14H22N2. The first kappa shape index (κ1) is 14.4. The Balaban J connectivity index is 0.000000509. The molecule has 2 heteroatoms. The highest BCUT2D eigenvalue weighted by Crippen LogP contribution is 2.07. The van der Waals surface area contributed by atoms with Crippen LogP contribution in [0.2, 0.25) is 0 Å².